The van der Waals surface area contributed by atoms with Crippen LogP contribution < -0.4 is 15.5 Å². The van der Waals surface area contributed by atoms with E-state index in [0.717, 1.165) is 29.8 Å². The average molecular weight is 361 g/mol. The normalized spacial score (nSPS) is 15.9. The van der Waals surface area contributed by atoms with Gasteiger partial charge in [-0.2, -0.15) is 0 Å². The molecule has 2 aliphatic rings. The third-order valence-corrected chi connectivity index (χ3v) is 4.77. The number of nitrogens with zero attached hydrogens (tertiary/aromatic N) is 1. The lowest BCUT2D eigenvalue weighted by Crippen LogP contribution is -2.23. The molecule has 2 heterocycles. The fourth-order valence-corrected chi connectivity index (χ4v) is 3.33. The Hall–Kier alpha value is -3.41. The van der Waals surface area contributed by atoms with E-state index in [1.54, 1.807) is 23.1 Å². The van der Waals surface area contributed by atoms with E-state index < -0.39 is 0 Å². The maximum atomic E-state index is 12.1. The van der Waals surface area contributed by atoms with Gasteiger partial charge < -0.3 is 15.5 Å². The van der Waals surface area contributed by atoms with Gasteiger partial charge in [0.15, 0.2) is 0 Å². The molecule has 27 heavy (non-hydrogen) atoms. The lowest BCUT2D eigenvalue weighted by molar-refractivity contribution is -0.117. The highest BCUT2D eigenvalue weighted by Gasteiger charge is 2.21. The number of amides is 3. The van der Waals surface area contributed by atoms with Gasteiger partial charge in [-0.05, 0) is 47.9 Å². The SMILES string of the molecule is O=C(C=Cc1ccc(N2CCCC2=O)cc1)Nc1ccc2c(c1)C(=O)NC2. The van der Waals surface area contributed by atoms with Crippen LogP contribution in [0, 0.1) is 0 Å². The Labute approximate surface area is 156 Å². The molecule has 0 bridgehead atoms. The van der Waals surface area contributed by atoms with Crippen molar-refractivity contribution >= 4 is 35.2 Å². The summed E-state index contributed by atoms with van der Waals surface area (Å²) in [4.78, 5) is 37.4. The van der Waals surface area contributed by atoms with Crippen LogP contribution in [-0.2, 0) is 16.1 Å². The van der Waals surface area contributed by atoms with E-state index in [2.05, 4.69) is 10.6 Å². The Morgan fingerprint density at radius 3 is 2.67 bits per heavy atom. The number of nitrogens with one attached hydrogen (secondary N) is 2. The van der Waals surface area contributed by atoms with Gasteiger partial charge in [-0.1, -0.05) is 18.2 Å². The Kier molecular flexibility index (Phi) is 4.46. The number of hydrogen-bond donors (Lipinski definition) is 2. The van der Waals surface area contributed by atoms with E-state index >= 15 is 0 Å². The van der Waals surface area contributed by atoms with Crippen LogP contribution in [0.15, 0.2) is 48.5 Å². The zero-order valence-electron chi connectivity index (χ0n) is 14.7. The quantitative estimate of drug-likeness (QED) is 0.822. The number of carbonyl (C=O) groups is 3. The van der Waals surface area contributed by atoms with E-state index in [9.17, 15) is 14.4 Å². The van der Waals surface area contributed by atoms with Crippen molar-refractivity contribution in [1.29, 1.82) is 0 Å². The predicted octanol–water partition coefficient (Wildman–Crippen LogP) is 2.71. The fraction of sp³-hybridized carbons (Fsp3) is 0.190. The Morgan fingerprint density at radius 2 is 1.93 bits per heavy atom. The standard InChI is InChI=1S/C21H19N3O3/c25-19(23-16-7-6-15-13-22-21(27)18(15)12-16)10-5-14-3-8-17(9-4-14)24-11-1-2-20(24)26/h3-10,12H,1-2,11,13H2,(H,22,27)(H,23,25). The van der Waals surface area contributed by atoms with Gasteiger partial charge in [0.2, 0.25) is 11.8 Å². The van der Waals surface area contributed by atoms with Crippen molar-refractivity contribution in [3.8, 4) is 0 Å². The van der Waals surface area contributed by atoms with Crippen molar-refractivity contribution in [1.82, 2.24) is 5.32 Å². The van der Waals surface area contributed by atoms with Crippen LogP contribution in [0.2, 0.25) is 0 Å². The summed E-state index contributed by atoms with van der Waals surface area (Å²) in [7, 11) is 0. The first kappa shape index (κ1) is 17.0. The highest BCUT2D eigenvalue weighted by atomic mass is 16.2. The van der Waals surface area contributed by atoms with Gasteiger partial charge in [-0.15, -0.1) is 0 Å². The Balaban J connectivity index is 1.39. The second-order valence-electron chi connectivity index (χ2n) is 6.62. The molecule has 136 valence electrons. The zero-order valence-corrected chi connectivity index (χ0v) is 14.7. The zero-order chi connectivity index (χ0) is 18.8. The second kappa shape index (κ2) is 7.07. The monoisotopic (exact) mass is 361 g/mol. The van der Waals surface area contributed by atoms with E-state index in [1.165, 1.54) is 6.08 Å². The first-order valence-corrected chi connectivity index (χ1v) is 8.91. The molecule has 3 amide bonds. The number of rotatable bonds is 4. The van der Waals surface area contributed by atoms with Crippen LogP contribution in [0.3, 0.4) is 0 Å². The summed E-state index contributed by atoms with van der Waals surface area (Å²) < 4.78 is 0. The Bertz CT molecular complexity index is 948. The maximum Gasteiger partial charge on any atom is 0.251 e. The molecule has 0 unspecified atom stereocenters. The molecule has 2 N–H and O–H groups in total. The maximum absolute atomic E-state index is 12.1. The van der Waals surface area contributed by atoms with Crippen LogP contribution in [0.25, 0.3) is 6.08 Å². The molecule has 0 saturated carbocycles. The lowest BCUT2D eigenvalue weighted by Gasteiger charge is -2.15. The lowest BCUT2D eigenvalue weighted by atomic mass is 10.1. The summed E-state index contributed by atoms with van der Waals surface area (Å²) in [5, 5.41) is 5.52. The van der Waals surface area contributed by atoms with Gasteiger partial charge in [0, 0.05) is 42.5 Å². The van der Waals surface area contributed by atoms with Gasteiger partial charge in [0.05, 0.1) is 0 Å². The first-order valence-electron chi connectivity index (χ1n) is 8.91. The number of fused-ring (bicyclic) bond motifs is 1. The number of hydrogen-bond acceptors (Lipinski definition) is 3. The number of carbonyl (C=O) groups excluding carboxylic acids is 3. The van der Waals surface area contributed by atoms with E-state index in [0.29, 0.717) is 24.2 Å². The molecule has 1 saturated heterocycles. The van der Waals surface area contributed by atoms with Crippen LogP contribution >= 0.6 is 0 Å². The summed E-state index contributed by atoms with van der Waals surface area (Å²) in [5.74, 6) is -0.235. The third kappa shape index (κ3) is 3.60. The molecule has 6 nitrogen and oxygen atoms in total. The van der Waals surface area contributed by atoms with Gasteiger partial charge in [-0.3, -0.25) is 14.4 Å². The summed E-state index contributed by atoms with van der Waals surface area (Å²) in [6.07, 6.45) is 4.66. The number of anilines is 2. The van der Waals surface area contributed by atoms with Crippen molar-refractivity contribution in [3.05, 3.63) is 65.2 Å². The fourth-order valence-electron chi connectivity index (χ4n) is 3.33. The van der Waals surface area contributed by atoms with Crippen molar-refractivity contribution < 1.29 is 14.4 Å². The molecule has 4 rings (SSSR count). The van der Waals surface area contributed by atoms with Crippen molar-refractivity contribution in [2.24, 2.45) is 0 Å². The summed E-state index contributed by atoms with van der Waals surface area (Å²) in [5.41, 5.74) is 3.88. The van der Waals surface area contributed by atoms with Crippen LogP contribution in [0.1, 0.15) is 34.3 Å². The van der Waals surface area contributed by atoms with Crippen LogP contribution in [-0.4, -0.2) is 24.3 Å². The summed E-state index contributed by atoms with van der Waals surface area (Å²) in [6, 6.07) is 12.8. The van der Waals surface area contributed by atoms with Crippen molar-refractivity contribution in [3.63, 3.8) is 0 Å². The van der Waals surface area contributed by atoms with Gasteiger partial charge in [0.1, 0.15) is 0 Å². The highest BCUT2D eigenvalue weighted by molar-refractivity contribution is 6.04. The molecular formula is C21H19N3O3. The summed E-state index contributed by atoms with van der Waals surface area (Å²) in [6.45, 7) is 1.29. The average Bonchev–Trinajstić information content (AvgIpc) is 3.26. The second-order valence-corrected chi connectivity index (χ2v) is 6.62. The van der Waals surface area contributed by atoms with E-state index in [1.807, 2.05) is 30.3 Å². The van der Waals surface area contributed by atoms with Crippen LogP contribution in [0.4, 0.5) is 11.4 Å². The van der Waals surface area contributed by atoms with Crippen molar-refractivity contribution in [2.75, 3.05) is 16.8 Å². The molecule has 6 heteroatoms. The molecule has 2 aromatic rings. The molecule has 0 spiro atoms. The molecule has 2 aromatic carbocycles. The smallest absolute Gasteiger partial charge is 0.251 e. The third-order valence-electron chi connectivity index (χ3n) is 4.77. The molecular weight excluding hydrogens is 342 g/mol. The molecule has 1 fully saturated rings. The van der Waals surface area contributed by atoms with E-state index in [-0.39, 0.29) is 17.7 Å². The minimum atomic E-state index is -0.271. The molecule has 0 radical (unpaired) electrons. The van der Waals surface area contributed by atoms with E-state index in [4.69, 9.17) is 0 Å². The van der Waals surface area contributed by atoms with Gasteiger partial charge >= 0.3 is 0 Å². The molecule has 0 aliphatic carbocycles. The topological polar surface area (TPSA) is 78.5 Å². The molecule has 0 atom stereocenters. The van der Waals surface area contributed by atoms with Crippen LogP contribution in [0.5, 0.6) is 0 Å². The minimum absolute atomic E-state index is 0.117. The minimum Gasteiger partial charge on any atom is -0.348 e. The summed E-state index contributed by atoms with van der Waals surface area (Å²) >= 11 is 0. The first-order chi connectivity index (χ1) is 13.1. The molecule has 0 aromatic heterocycles. The Morgan fingerprint density at radius 1 is 1.11 bits per heavy atom. The van der Waals surface area contributed by atoms with Gasteiger partial charge in [-0.25, -0.2) is 0 Å². The van der Waals surface area contributed by atoms with Gasteiger partial charge in [0.25, 0.3) is 5.91 Å². The molecule has 2 aliphatic heterocycles. The van der Waals surface area contributed by atoms with Crippen molar-refractivity contribution in [2.45, 2.75) is 19.4 Å². The highest BCUT2D eigenvalue weighted by Crippen LogP contribution is 2.22. The largest absolute Gasteiger partial charge is 0.348 e. The number of benzene rings is 2. The predicted molar refractivity (Wildman–Crippen MR) is 103 cm³/mol.